The van der Waals surface area contributed by atoms with Gasteiger partial charge in [-0.3, -0.25) is 19.4 Å². The molecule has 150 valence electrons. The Hall–Kier alpha value is -2.82. The summed E-state index contributed by atoms with van der Waals surface area (Å²) >= 11 is 6.11. The van der Waals surface area contributed by atoms with Gasteiger partial charge in [-0.15, -0.1) is 0 Å². The lowest BCUT2D eigenvalue weighted by atomic mass is 10.2. The molecule has 0 unspecified atom stereocenters. The predicted molar refractivity (Wildman–Crippen MR) is 92.9 cm³/mol. The molecule has 28 heavy (non-hydrogen) atoms. The highest BCUT2D eigenvalue weighted by Crippen LogP contribution is 2.31. The molecule has 3 heterocycles. The monoisotopic (exact) mass is 416 g/mol. The number of carbonyl (C=O) groups is 2. The van der Waals surface area contributed by atoms with E-state index < -0.39 is 29.2 Å². The number of nitrogens with one attached hydrogen (secondary N) is 1. The third kappa shape index (κ3) is 3.61. The van der Waals surface area contributed by atoms with Crippen molar-refractivity contribution in [2.75, 3.05) is 13.1 Å². The summed E-state index contributed by atoms with van der Waals surface area (Å²) in [5.74, 6) is -1.50. The van der Waals surface area contributed by atoms with Crippen LogP contribution in [0.25, 0.3) is 6.08 Å². The third-order valence-electron chi connectivity index (χ3n) is 4.26. The number of rotatable bonds is 3. The number of halogens is 4. The minimum absolute atomic E-state index is 0.119. The number of carbonyl (C=O) groups excluding carboxylic acids is 2. The number of hydrazine groups is 1. The van der Waals surface area contributed by atoms with E-state index in [2.05, 4.69) is 10.2 Å². The largest absolute Gasteiger partial charge is 0.433 e. The van der Waals surface area contributed by atoms with Crippen LogP contribution in [-0.4, -0.2) is 54.9 Å². The van der Waals surface area contributed by atoms with Crippen LogP contribution in [0.2, 0.25) is 5.15 Å². The second kappa shape index (κ2) is 7.30. The molecule has 0 bridgehead atoms. The zero-order valence-corrected chi connectivity index (χ0v) is 15.7. The van der Waals surface area contributed by atoms with Crippen molar-refractivity contribution in [2.45, 2.75) is 19.5 Å². The molecule has 0 aromatic carbocycles. The van der Waals surface area contributed by atoms with Crippen LogP contribution in [0.5, 0.6) is 0 Å². The van der Waals surface area contributed by atoms with Gasteiger partial charge in [0, 0.05) is 31.8 Å². The highest BCUT2D eigenvalue weighted by atomic mass is 35.5. The van der Waals surface area contributed by atoms with E-state index >= 15 is 0 Å². The molecule has 1 aliphatic rings. The second-order valence-electron chi connectivity index (χ2n) is 6.15. The molecule has 8 nitrogen and oxygen atoms in total. The van der Waals surface area contributed by atoms with E-state index in [9.17, 15) is 22.8 Å². The van der Waals surface area contributed by atoms with E-state index in [0.717, 1.165) is 16.2 Å². The van der Waals surface area contributed by atoms with Gasteiger partial charge in [0.15, 0.2) is 5.69 Å². The maximum atomic E-state index is 13.0. The van der Waals surface area contributed by atoms with Crippen molar-refractivity contribution in [3.63, 3.8) is 0 Å². The summed E-state index contributed by atoms with van der Waals surface area (Å²) in [4.78, 5) is 25.1. The Morgan fingerprint density at radius 2 is 1.96 bits per heavy atom. The maximum absolute atomic E-state index is 13.0. The number of amides is 2. The van der Waals surface area contributed by atoms with Crippen molar-refractivity contribution in [2.24, 2.45) is 7.05 Å². The Balaban J connectivity index is 1.81. The molecule has 2 aromatic heterocycles. The van der Waals surface area contributed by atoms with Crippen LogP contribution >= 0.6 is 11.6 Å². The highest BCUT2D eigenvalue weighted by Gasteiger charge is 2.40. The van der Waals surface area contributed by atoms with E-state index in [4.69, 9.17) is 11.6 Å². The Morgan fingerprint density at radius 1 is 1.29 bits per heavy atom. The summed E-state index contributed by atoms with van der Waals surface area (Å²) in [6.07, 6.45) is -0.836. The van der Waals surface area contributed by atoms with Crippen LogP contribution in [0.3, 0.4) is 0 Å². The number of aromatic amines is 1. The number of hydrogen-bond acceptors (Lipinski definition) is 4. The van der Waals surface area contributed by atoms with Gasteiger partial charge in [0.1, 0.15) is 5.15 Å². The van der Waals surface area contributed by atoms with Crippen LogP contribution in [0.1, 0.15) is 33.7 Å². The van der Waals surface area contributed by atoms with Crippen LogP contribution in [0.4, 0.5) is 13.2 Å². The molecule has 12 heteroatoms. The number of alkyl halides is 3. The second-order valence-corrected chi connectivity index (χ2v) is 6.50. The zero-order valence-electron chi connectivity index (χ0n) is 14.9. The first-order valence-corrected chi connectivity index (χ1v) is 8.60. The molecular formula is C16H16ClF3N6O2. The molecule has 1 N–H and O–H groups in total. The van der Waals surface area contributed by atoms with Gasteiger partial charge in [-0.2, -0.15) is 23.4 Å². The molecule has 0 atom stereocenters. The van der Waals surface area contributed by atoms with E-state index in [-0.39, 0.29) is 13.1 Å². The molecule has 3 rings (SSSR count). The Bertz CT molecular complexity index is 949. The third-order valence-corrected chi connectivity index (χ3v) is 4.71. The SMILES string of the molecule is Cc1nn(C)c(Cl)c1C=CC(=O)N1CCCN1C(=O)c1cn[nH]c1C(F)(F)F. The van der Waals surface area contributed by atoms with E-state index in [0.29, 0.717) is 22.8 Å². The zero-order chi connectivity index (χ0) is 20.6. The molecule has 0 aliphatic carbocycles. The molecule has 1 aliphatic heterocycles. The number of hydrogen-bond donors (Lipinski definition) is 1. The molecule has 1 saturated heterocycles. The number of aryl methyl sites for hydroxylation is 2. The van der Waals surface area contributed by atoms with Gasteiger partial charge in [0.2, 0.25) is 0 Å². The molecule has 0 saturated carbocycles. The predicted octanol–water partition coefficient (Wildman–Crippen LogP) is 2.43. The van der Waals surface area contributed by atoms with Crippen LogP contribution in [-0.2, 0) is 18.0 Å². The fraction of sp³-hybridized carbons (Fsp3) is 0.375. The lowest BCUT2D eigenvalue weighted by Gasteiger charge is -2.27. The Kier molecular flexibility index (Phi) is 5.20. The fourth-order valence-electron chi connectivity index (χ4n) is 2.93. The number of nitrogens with zero attached hydrogens (tertiary/aromatic N) is 5. The number of H-pyrrole nitrogens is 1. The minimum atomic E-state index is -4.76. The normalized spacial score (nSPS) is 15.1. The summed E-state index contributed by atoms with van der Waals surface area (Å²) in [6.45, 7) is 2.04. The van der Waals surface area contributed by atoms with Crippen LogP contribution < -0.4 is 0 Å². The van der Waals surface area contributed by atoms with Gasteiger partial charge in [-0.05, 0) is 19.4 Å². The summed E-state index contributed by atoms with van der Waals surface area (Å²) in [5, 5.41) is 11.7. The quantitative estimate of drug-likeness (QED) is 0.778. The standard InChI is InChI=1S/C16H16ClF3N6O2/c1-9-10(14(17)24(2)23-9)4-5-12(27)25-6-3-7-26(25)15(28)11-8-21-22-13(11)16(18,19)20/h4-5,8H,3,6-7H2,1-2H3,(H,21,22). The lowest BCUT2D eigenvalue weighted by Crippen LogP contribution is -2.44. The van der Waals surface area contributed by atoms with Crippen LogP contribution in [0.15, 0.2) is 12.3 Å². The average molecular weight is 417 g/mol. The summed E-state index contributed by atoms with van der Waals surface area (Å²) in [6, 6.07) is 0. The van der Waals surface area contributed by atoms with Crippen molar-refractivity contribution in [3.8, 4) is 0 Å². The van der Waals surface area contributed by atoms with E-state index in [1.165, 1.54) is 16.8 Å². The topological polar surface area (TPSA) is 87.1 Å². The molecule has 0 radical (unpaired) electrons. The Morgan fingerprint density at radius 3 is 2.57 bits per heavy atom. The lowest BCUT2D eigenvalue weighted by molar-refractivity contribution is -0.141. The van der Waals surface area contributed by atoms with Gasteiger partial charge >= 0.3 is 6.18 Å². The van der Waals surface area contributed by atoms with Crippen molar-refractivity contribution >= 4 is 29.5 Å². The van der Waals surface area contributed by atoms with E-state index in [1.807, 2.05) is 0 Å². The molecule has 2 amide bonds. The van der Waals surface area contributed by atoms with Gasteiger partial charge in [-0.1, -0.05) is 11.6 Å². The molecular weight excluding hydrogens is 401 g/mol. The van der Waals surface area contributed by atoms with Gasteiger partial charge < -0.3 is 0 Å². The van der Waals surface area contributed by atoms with Crippen molar-refractivity contribution in [3.05, 3.63) is 39.9 Å². The smallest absolute Gasteiger partial charge is 0.273 e. The molecule has 0 spiro atoms. The Labute approximate surface area is 162 Å². The van der Waals surface area contributed by atoms with Crippen molar-refractivity contribution in [1.82, 2.24) is 30.0 Å². The summed E-state index contributed by atoms with van der Waals surface area (Å²) in [7, 11) is 1.65. The highest BCUT2D eigenvalue weighted by molar-refractivity contribution is 6.31. The summed E-state index contributed by atoms with van der Waals surface area (Å²) < 4.78 is 40.5. The van der Waals surface area contributed by atoms with E-state index in [1.54, 1.807) is 19.1 Å². The molecule has 1 fully saturated rings. The average Bonchev–Trinajstić information content (AvgIpc) is 3.33. The maximum Gasteiger partial charge on any atom is 0.433 e. The van der Waals surface area contributed by atoms with Crippen LogP contribution in [0, 0.1) is 6.92 Å². The first-order chi connectivity index (χ1) is 13.1. The first kappa shape index (κ1) is 19.9. The van der Waals surface area contributed by atoms with Crippen molar-refractivity contribution in [1.29, 1.82) is 0 Å². The minimum Gasteiger partial charge on any atom is -0.273 e. The first-order valence-electron chi connectivity index (χ1n) is 8.22. The molecule has 2 aromatic rings. The van der Waals surface area contributed by atoms with Gasteiger partial charge in [0.25, 0.3) is 11.8 Å². The number of aromatic nitrogens is 4. The summed E-state index contributed by atoms with van der Waals surface area (Å²) in [5.41, 5.74) is -0.727. The van der Waals surface area contributed by atoms with Gasteiger partial charge in [0.05, 0.1) is 17.5 Å². The fourth-order valence-corrected chi connectivity index (χ4v) is 3.17. The van der Waals surface area contributed by atoms with Gasteiger partial charge in [-0.25, -0.2) is 10.0 Å². The van der Waals surface area contributed by atoms with Crippen molar-refractivity contribution < 1.29 is 22.8 Å².